The van der Waals surface area contributed by atoms with Gasteiger partial charge in [-0.15, -0.1) is 0 Å². The number of rotatable bonds is 7. The van der Waals surface area contributed by atoms with Crippen LogP contribution in [0.4, 0.5) is 0 Å². The molecule has 0 radical (unpaired) electrons. The lowest BCUT2D eigenvalue weighted by Crippen LogP contribution is -2.16. The molecule has 2 fully saturated rings. The minimum atomic E-state index is 0.137. The summed E-state index contributed by atoms with van der Waals surface area (Å²) in [5.74, 6) is 5.68. The zero-order chi connectivity index (χ0) is 19.5. The number of fused-ring (bicyclic) bond motifs is 1. The second-order valence-electron chi connectivity index (χ2n) is 7.83. The second-order valence-corrected chi connectivity index (χ2v) is 9.80. The van der Waals surface area contributed by atoms with E-state index in [0.717, 1.165) is 55.1 Å². The lowest BCUT2D eigenvalue weighted by Gasteiger charge is -2.21. The minimum absolute atomic E-state index is 0.137. The number of hydrogen-bond donors (Lipinski definition) is 1. The maximum absolute atomic E-state index is 9.87. The Morgan fingerprint density at radius 1 is 1.32 bits per heavy atom. The predicted octanol–water partition coefficient (Wildman–Crippen LogP) is 2.81. The highest BCUT2D eigenvalue weighted by Crippen LogP contribution is 2.33. The lowest BCUT2D eigenvalue weighted by molar-refractivity contribution is -0.0691. The van der Waals surface area contributed by atoms with Crippen molar-refractivity contribution in [3.63, 3.8) is 0 Å². The van der Waals surface area contributed by atoms with Gasteiger partial charge in [0, 0.05) is 55.7 Å². The molecule has 2 aromatic rings. The van der Waals surface area contributed by atoms with Crippen molar-refractivity contribution in [1.29, 1.82) is 0 Å². The van der Waals surface area contributed by atoms with E-state index in [0.29, 0.717) is 32.3 Å². The van der Waals surface area contributed by atoms with E-state index in [-0.39, 0.29) is 16.4 Å². The third kappa shape index (κ3) is 4.46. The highest BCUT2D eigenvalue weighted by Gasteiger charge is 2.28. The van der Waals surface area contributed by atoms with Gasteiger partial charge in [-0.2, -0.15) is 15.5 Å². The second kappa shape index (κ2) is 9.00. The van der Waals surface area contributed by atoms with Crippen LogP contribution < -0.4 is 0 Å². The maximum Gasteiger partial charge on any atom is 0.160 e. The lowest BCUT2D eigenvalue weighted by atomic mass is 9.96. The molecule has 0 spiro atoms. The van der Waals surface area contributed by atoms with Gasteiger partial charge in [0.2, 0.25) is 0 Å². The first-order valence-electron chi connectivity index (χ1n) is 9.99. The van der Waals surface area contributed by atoms with Crippen LogP contribution in [-0.4, -0.2) is 75.6 Å². The van der Waals surface area contributed by atoms with Crippen LogP contribution in [0.1, 0.15) is 42.4 Å². The fourth-order valence-corrected chi connectivity index (χ4v) is 4.44. The van der Waals surface area contributed by atoms with Crippen LogP contribution in [0.25, 0.3) is 11.2 Å². The number of aromatic nitrogens is 3. The third-order valence-electron chi connectivity index (χ3n) is 5.66. The fourth-order valence-electron chi connectivity index (χ4n) is 4.04. The Hall–Kier alpha value is -1.32. The zero-order valence-corrected chi connectivity index (χ0v) is 17.4. The van der Waals surface area contributed by atoms with Gasteiger partial charge in [0.05, 0.1) is 18.5 Å². The van der Waals surface area contributed by atoms with E-state index in [2.05, 4.69) is 22.9 Å². The molecule has 0 aromatic carbocycles. The molecule has 2 aromatic heterocycles. The summed E-state index contributed by atoms with van der Waals surface area (Å²) in [6.45, 7) is 4.08. The molecular weight excluding hydrogens is 376 g/mol. The summed E-state index contributed by atoms with van der Waals surface area (Å²) in [6, 6.07) is 0. The Morgan fingerprint density at radius 3 is 2.86 bits per heavy atom. The number of hydrogen-bond acceptors (Lipinski definition) is 6. The first-order valence-corrected chi connectivity index (χ1v) is 12.0. The molecule has 7 nitrogen and oxygen atoms in total. The van der Waals surface area contributed by atoms with Crippen molar-refractivity contribution in [2.45, 2.75) is 37.8 Å². The number of hydroxylamine groups is 2. The first kappa shape index (κ1) is 20.0. The van der Waals surface area contributed by atoms with E-state index >= 15 is 0 Å². The summed E-state index contributed by atoms with van der Waals surface area (Å²) in [7, 11) is 0.137. The summed E-state index contributed by atoms with van der Waals surface area (Å²) in [5.41, 5.74) is 4.05. The monoisotopic (exact) mass is 406 g/mol. The number of ether oxygens (including phenoxy) is 2. The molecule has 0 amide bonds. The summed E-state index contributed by atoms with van der Waals surface area (Å²) >= 11 is 0. The van der Waals surface area contributed by atoms with Crippen molar-refractivity contribution in [3.05, 3.63) is 23.7 Å². The molecule has 8 heteroatoms. The average Bonchev–Trinajstić information content (AvgIpc) is 3.29. The van der Waals surface area contributed by atoms with Crippen LogP contribution in [0.3, 0.4) is 0 Å². The van der Waals surface area contributed by atoms with E-state index < -0.39 is 0 Å². The van der Waals surface area contributed by atoms with E-state index in [4.69, 9.17) is 19.4 Å². The molecule has 2 aliphatic heterocycles. The molecule has 0 saturated carbocycles. The molecule has 28 heavy (non-hydrogen) atoms. The van der Waals surface area contributed by atoms with Crippen LogP contribution in [0.15, 0.2) is 12.4 Å². The fraction of sp³-hybridized carbons (Fsp3) is 0.650. The van der Waals surface area contributed by atoms with Crippen LogP contribution in [-0.2, 0) is 16.2 Å². The molecule has 1 N–H and O–H groups in total. The van der Waals surface area contributed by atoms with Gasteiger partial charge in [-0.1, -0.05) is 5.87 Å². The van der Waals surface area contributed by atoms with Crippen molar-refractivity contribution in [3.8, 4) is 0 Å². The van der Waals surface area contributed by atoms with E-state index in [1.54, 1.807) is 0 Å². The van der Waals surface area contributed by atoms with Gasteiger partial charge in [-0.05, 0) is 25.5 Å². The van der Waals surface area contributed by atoms with Crippen LogP contribution in [0.2, 0.25) is 0 Å². The molecular formula is C20H30N4O3S. The van der Waals surface area contributed by atoms with E-state index in [9.17, 15) is 5.21 Å². The smallest absolute Gasteiger partial charge is 0.160 e. The van der Waals surface area contributed by atoms with Gasteiger partial charge in [-0.25, -0.2) is 9.97 Å². The van der Waals surface area contributed by atoms with Gasteiger partial charge >= 0.3 is 0 Å². The average molecular weight is 407 g/mol. The largest absolute Gasteiger partial charge is 0.381 e. The Balaban J connectivity index is 1.62. The molecule has 2 saturated heterocycles. The highest BCUT2D eigenvalue weighted by atomic mass is 32.2. The molecule has 4 heterocycles. The minimum Gasteiger partial charge on any atom is -0.381 e. The van der Waals surface area contributed by atoms with Crippen LogP contribution >= 0.6 is 10.5 Å². The Morgan fingerprint density at radius 2 is 2.14 bits per heavy atom. The molecule has 2 atom stereocenters. The molecule has 4 rings (SSSR count). The topological polar surface area (TPSA) is 72.6 Å². The normalized spacial score (nSPS) is 22.9. The van der Waals surface area contributed by atoms with Crippen LogP contribution in [0.5, 0.6) is 0 Å². The van der Waals surface area contributed by atoms with Crippen molar-refractivity contribution in [2.24, 2.45) is 0 Å². The van der Waals surface area contributed by atoms with Crippen molar-refractivity contribution < 1.29 is 14.7 Å². The summed E-state index contributed by atoms with van der Waals surface area (Å²) in [4.78, 5) is 9.82. The summed E-state index contributed by atoms with van der Waals surface area (Å²) < 4.78 is 13.4. The van der Waals surface area contributed by atoms with Crippen molar-refractivity contribution in [1.82, 2.24) is 19.6 Å². The Kier molecular flexibility index (Phi) is 6.42. The molecule has 2 aliphatic rings. The van der Waals surface area contributed by atoms with E-state index in [1.165, 1.54) is 10.6 Å². The standard InChI is InChI=1S/C20H30N4O3S/c1-28(2)10-9-27-14-23-13-17(16-3-6-24(25)12-16)19-20(23)21-11-18(22-19)15-4-7-26-8-5-15/h11,13,15-16,25H,1,3-10,12,14H2,2H3. The molecule has 2 unspecified atom stereocenters. The van der Waals surface area contributed by atoms with Gasteiger partial charge in [0.1, 0.15) is 12.2 Å². The predicted molar refractivity (Wildman–Crippen MR) is 112 cm³/mol. The molecule has 154 valence electrons. The summed E-state index contributed by atoms with van der Waals surface area (Å²) in [5, 5.41) is 11.3. The van der Waals surface area contributed by atoms with Gasteiger partial charge in [-0.3, -0.25) is 0 Å². The third-order valence-corrected chi connectivity index (χ3v) is 6.53. The first-order chi connectivity index (χ1) is 13.6. The molecule has 0 aliphatic carbocycles. The highest BCUT2D eigenvalue weighted by molar-refractivity contribution is 8.13. The van der Waals surface area contributed by atoms with Crippen molar-refractivity contribution in [2.75, 3.05) is 44.9 Å². The molecule has 0 bridgehead atoms. The maximum atomic E-state index is 9.87. The van der Waals surface area contributed by atoms with E-state index in [1.807, 2.05) is 6.20 Å². The SMILES string of the molecule is C=S(C)CCOCn1cc(C2CCN(O)C2)c2nc(C3CCOCC3)cnc21. The van der Waals surface area contributed by atoms with Gasteiger partial charge < -0.3 is 19.2 Å². The van der Waals surface area contributed by atoms with Gasteiger partial charge in [0.15, 0.2) is 5.65 Å². The number of nitrogens with zero attached hydrogens (tertiary/aromatic N) is 4. The van der Waals surface area contributed by atoms with Crippen LogP contribution in [0, 0.1) is 0 Å². The quantitative estimate of drug-likeness (QED) is 0.563. The zero-order valence-electron chi connectivity index (χ0n) is 16.5. The van der Waals surface area contributed by atoms with Crippen molar-refractivity contribution >= 4 is 27.5 Å². The Bertz CT molecular complexity index is 834. The van der Waals surface area contributed by atoms with Gasteiger partial charge in [0.25, 0.3) is 0 Å². The summed E-state index contributed by atoms with van der Waals surface area (Å²) in [6.07, 6.45) is 9.09. The Labute approximate surface area is 168 Å².